The van der Waals surface area contributed by atoms with E-state index < -0.39 is 0 Å². The van der Waals surface area contributed by atoms with Gasteiger partial charge in [-0.3, -0.25) is 9.69 Å². The molecule has 1 fully saturated rings. The van der Waals surface area contributed by atoms with Crippen LogP contribution < -0.4 is 0 Å². The second-order valence-electron chi connectivity index (χ2n) is 6.85. The van der Waals surface area contributed by atoms with Crippen molar-refractivity contribution in [1.82, 2.24) is 14.8 Å². The topological polar surface area (TPSA) is 36.4 Å². The molecule has 1 aliphatic rings. The highest BCUT2D eigenvalue weighted by Gasteiger charge is 2.24. The molecule has 0 N–H and O–H groups in total. The minimum Gasteiger partial charge on any atom is -0.337 e. The van der Waals surface area contributed by atoms with Crippen molar-refractivity contribution in [2.45, 2.75) is 19.9 Å². The summed E-state index contributed by atoms with van der Waals surface area (Å²) in [7, 11) is 0. The Morgan fingerprint density at radius 2 is 1.96 bits per heavy atom. The molecule has 0 saturated carbocycles. The average Bonchev–Trinajstić information content (AvgIpc) is 3.28. The maximum absolute atomic E-state index is 13.1. The van der Waals surface area contributed by atoms with Gasteiger partial charge in [-0.25, -0.2) is 4.98 Å². The number of benzene rings is 1. The Morgan fingerprint density at radius 1 is 1.11 bits per heavy atom. The Balaban J connectivity index is 1.42. The number of thiazole rings is 1. The van der Waals surface area contributed by atoms with Gasteiger partial charge in [0.2, 0.25) is 0 Å². The third kappa shape index (κ3) is 4.29. The minimum atomic E-state index is 0.132. The zero-order chi connectivity index (χ0) is 18.6. The van der Waals surface area contributed by atoms with Crippen molar-refractivity contribution < 1.29 is 4.79 Å². The molecule has 1 aliphatic heterocycles. The van der Waals surface area contributed by atoms with E-state index in [2.05, 4.69) is 45.6 Å². The third-order valence-electron chi connectivity index (χ3n) is 4.88. The summed E-state index contributed by atoms with van der Waals surface area (Å²) in [6.07, 6.45) is 1.01. The smallest absolute Gasteiger partial charge is 0.265 e. The van der Waals surface area contributed by atoms with Crippen molar-refractivity contribution in [3.63, 3.8) is 0 Å². The zero-order valence-electron chi connectivity index (χ0n) is 15.4. The van der Waals surface area contributed by atoms with Gasteiger partial charge >= 0.3 is 0 Å². The lowest BCUT2D eigenvalue weighted by Gasteiger charge is -2.21. The van der Waals surface area contributed by atoms with Gasteiger partial charge < -0.3 is 4.90 Å². The molecule has 4 rings (SSSR count). The molecule has 0 bridgehead atoms. The minimum absolute atomic E-state index is 0.132. The van der Waals surface area contributed by atoms with Gasteiger partial charge in [0.25, 0.3) is 5.91 Å². The number of rotatable bonds is 4. The summed E-state index contributed by atoms with van der Waals surface area (Å²) in [6, 6.07) is 12.6. The first kappa shape index (κ1) is 18.3. The standard InChI is InChI=1S/C21H23N3OS2/c1-16-19(27-20(22-16)18-8-13-26-15-18)21(25)24-10-5-9-23(11-12-24)14-17-6-3-2-4-7-17/h2-4,6-8,13,15H,5,9-12,14H2,1H3. The van der Waals surface area contributed by atoms with Gasteiger partial charge in [-0.05, 0) is 30.4 Å². The van der Waals surface area contributed by atoms with E-state index in [1.807, 2.05) is 23.3 Å². The van der Waals surface area contributed by atoms with Crippen LogP contribution in [0.25, 0.3) is 10.6 Å². The monoisotopic (exact) mass is 397 g/mol. The fraction of sp³-hybridized carbons (Fsp3) is 0.333. The molecule has 6 heteroatoms. The molecule has 1 amide bonds. The van der Waals surface area contributed by atoms with Crippen LogP contribution in [0.5, 0.6) is 0 Å². The van der Waals surface area contributed by atoms with Gasteiger partial charge in [0.1, 0.15) is 9.88 Å². The Hall–Kier alpha value is -2.02. The molecule has 3 aromatic rings. The molecule has 1 saturated heterocycles. The van der Waals surface area contributed by atoms with Crippen LogP contribution in [-0.2, 0) is 6.54 Å². The van der Waals surface area contributed by atoms with E-state index in [9.17, 15) is 4.79 Å². The second-order valence-corrected chi connectivity index (χ2v) is 8.63. The predicted octanol–water partition coefficient (Wildman–Crippen LogP) is 4.53. The van der Waals surface area contributed by atoms with E-state index in [-0.39, 0.29) is 5.91 Å². The molecule has 0 unspecified atom stereocenters. The van der Waals surface area contributed by atoms with Crippen LogP contribution in [0, 0.1) is 6.92 Å². The molecule has 0 atom stereocenters. The van der Waals surface area contributed by atoms with E-state index in [0.29, 0.717) is 0 Å². The van der Waals surface area contributed by atoms with E-state index in [1.54, 1.807) is 11.3 Å². The highest BCUT2D eigenvalue weighted by Crippen LogP contribution is 2.30. The summed E-state index contributed by atoms with van der Waals surface area (Å²) in [6.45, 7) is 6.42. The largest absolute Gasteiger partial charge is 0.337 e. The third-order valence-corrected chi connectivity index (χ3v) is 6.76. The van der Waals surface area contributed by atoms with Crippen molar-refractivity contribution in [2.24, 2.45) is 0 Å². The van der Waals surface area contributed by atoms with E-state index in [0.717, 1.165) is 60.3 Å². The summed E-state index contributed by atoms with van der Waals surface area (Å²) in [5.41, 5.74) is 3.28. The molecule has 0 spiro atoms. The van der Waals surface area contributed by atoms with E-state index in [4.69, 9.17) is 0 Å². The molecule has 1 aromatic carbocycles. The average molecular weight is 398 g/mol. The van der Waals surface area contributed by atoms with Crippen LogP contribution in [0.1, 0.15) is 27.3 Å². The van der Waals surface area contributed by atoms with Crippen LogP contribution in [0.15, 0.2) is 47.2 Å². The van der Waals surface area contributed by atoms with Gasteiger partial charge in [0.15, 0.2) is 0 Å². The number of aromatic nitrogens is 1. The Labute approximate surface area is 168 Å². The maximum Gasteiger partial charge on any atom is 0.265 e. The SMILES string of the molecule is Cc1nc(-c2ccsc2)sc1C(=O)N1CCCN(Cc2ccccc2)CC1. The fourth-order valence-electron chi connectivity index (χ4n) is 3.42. The Bertz CT molecular complexity index is 890. The van der Waals surface area contributed by atoms with Crippen molar-refractivity contribution in [1.29, 1.82) is 0 Å². The highest BCUT2D eigenvalue weighted by molar-refractivity contribution is 7.17. The van der Waals surface area contributed by atoms with Crippen molar-refractivity contribution in [3.8, 4) is 10.6 Å². The number of nitrogens with zero attached hydrogens (tertiary/aromatic N) is 3. The Morgan fingerprint density at radius 3 is 2.74 bits per heavy atom. The zero-order valence-corrected chi connectivity index (χ0v) is 17.1. The lowest BCUT2D eigenvalue weighted by atomic mass is 10.2. The molecule has 4 nitrogen and oxygen atoms in total. The van der Waals surface area contributed by atoms with Crippen LogP contribution in [0.2, 0.25) is 0 Å². The number of carbonyl (C=O) groups is 1. The summed E-state index contributed by atoms with van der Waals surface area (Å²) < 4.78 is 0. The first-order valence-electron chi connectivity index (χ1n) is 9.26. The van der Waals surface area contributed by atoms with Crippen LogP contribution >= 0.6 is 22.7 Å². The normalized spacial score (nSPS) is 15.7. The number of carbonyl (C=O) groups excluding carboxylic acids is 1. The predicted molar refractivity (Wildman–Crippen MR) is 112 cm³/mol. The Kier molecular flexibility index (Phi) is 5.66. The molecule has 140 valence electrons. The molecule has 2 aromatic heterocycles. The number of aryl methyl sites for hydroxylation is 1. The van der Waals surface area contributed by atoms with Gasteiger partial charge in [0, 0.05) is 43.7 Å². The van der Waals surface area contributed by atoms with Crippen molar-refractivity contribution in [3.05, 3.63) is 63.3 Å². The van der Waals surface area contributed by atoms with Crippen molar-refractivity contribution >= 4 is 28.6 Å². The summed E-state index contributed by atoms with van der Waals surface area (Å²) in [5.74, 6) is 0.132. The number of hydrogen-bond acceptors (Lipinski definition) is 5. The lowest BCUT2D eigenvalue weighted by molar-refractivity contribution is 0.0765. The first-order valence-corrected chi connectivity index (χ1v) is 11.0. The summed E-state index contributed by atoms with van der Waals surface area (Å²) in [5, 5.41) is 5.07. The lowest BCUT2D eigenvalue weighted by Crippen LogP contribution is -2.35. The van der Waals surface area contributed by atoms with E-state index >= 15 is 0 Å². The van der Waals surface area contributed by atoms with Gasteiger partial charge in [-0.2, -0.15) is 11.3 Å². The quantitative estimate of drug-likeness (QED) is 0.649. The van der Waals surface area contributed by atoms with Gasteiger partial charge in [0.05, 0.1) is 5.69 Å². The molecular formula is C21H23N3OS2. The van der Waals surface area contributed by atoms with E-state index in [1.165, 1.54) is 16.9 Å². The number of hydrogen-bond donors (Lipinski definition) is 0. The van der Waals surface area contributed by atoms with Crippen LogP contribution in [0.4, 0.5) is 0 Å². The van der Waals surface area contributed by atoms with Gasteiger partial charge in [-0.15, -0.1) is 11.3 Å². The fourth-order valence-corrected chi connectivity index (χ4v) is 5.17. The first-order chi connectivity index (χ1) is 13.2. The number of thiophene rings is 1. The maximum atomic E-state index is 13.1. The molecule has 27 heavy (non-hydrogen) atoms. The van der Waals surface area contributed by atoms with Crippen LogP contribution in [0.3, 0.4) is 0 Å². The highest BCUT2D eigenvalue weighted by atomic mass is 32.1. The molecular weight excluding hydrogens is 374 g/mol. The number of amides is 1. The summed E-state index contributed by atoms with van der Waals surface area (Å²) in [4.78, 5) is 23.0. The van der Waals surface area contributed by atoms with Crippen LogP contribution in [-0.4, -0.2) is 46.9 Å². The molecule has 3 heterocycles. The van der Waals surface area contributed by atoms with Gasteiger partial charge in [-0.1, -0.05) is 30.3 Å². The second kappa shape index (κ2) is 8.33. The molecule has 0 aliphatic carbocycles. The molecule has 0 radical (unpaired) electrons. The summed E-state index contributed by atoms with van der Waals surface area (Å²) >= 11 is 3.18. The van der Waals surface area contributed by atoms with Crippen molar-refractivity contribution in [2.75, 3.05) is 26.2 Å².